The van der Waals surface area contributed by atoms with Crippen LogP contribution in [-0.2, 0) is 7.05 Å². The van der Waals surface area contributed by atoms with Crippen LogP contribution in [0.2, 0.25) is 0 Å². The number of hydrogen-bond donors (Lipinski definition) is 3. The number of amides is 1. The van der Waals surface area contributed by atoms with E-state index in [9.17, 15) is 9.18 Å². The summed E-state index contributed by atoms with van der Waals surface area (Å²) < 4.78 is 16.5. The highest BCUT2D eigenvalue weighted by molar-refractivity contribution is 6.06. The number of H-pyrrole nitrogens is 1. The Labute approximate surface area is 166 Å². The summed E-state index contributed by atoms with van der Waals surface area (Å²) in [5, 5.41) is 11.9. The first-order chi connectivity index (χ1) is 14.0. The third-order valence-corrected chi connectivity index (χ3v) is 5.59. The molecule has 1 fully saturated rings. The Balaban J connectivity index is 1.43. The Morgan fingerprint density at radius 2 is 2.17 bits per heavy atom. The van der Waals surface area contributed by atoms with Crippen LogP contribution < -0.4 is 10.6 Å². The van der Waals surface area contributed by atoms with Gasteiger partial charge in [0, 0.05) is 30.3 Å². The van der Waals surface area contributed by atoms with Crippen LogP contribution >= 0.6 is 0 Å². The minimum absolute atomic E-state index is 0.00507. The standard InChI is InChI=1S/C21H21FN6O/c1-11-13-6-5-12(8-17(13)28(2)27-11)21(29)26-18-9-16-14(10-24-18)19(22)20(25-16)15-4-3-7-23-15/h5-6,8-10,15,23,25H,3-4,7H2,1-2H3,(H,24,26,29)/t15-/m1/s1. The lowest BCUT2D eigenvalue weighted by molar-refractivity contribution is 0.102. The topological polar surface area (TPSA) is 87.6 Å². The van der Waals surface area contributed by atoms with Gasteiger partial charge >= 0.3 is 0 Å². The van der Waals surface area contributed by atoms with Crippen molar-refractivity contribution >= 4 is 33.5 Å². The summed E-state index contributed by atoms with van der Waals surface area (Å²) in [6.07, 6.45) is 3.39. The average molecular weight is 392 g/mol. The number of nitrogens with zero attached hydrogens (tertiary/aromatic N) is 3. The van der Waals surface area contributed by atoms with Crippen LogP contribution in [0.15, 0.2) is 30.5 Å². The average Bonchev–Trinajstić information content (AvgIpc) is 3.41. The zero-order chi connectivity index (χ0) is 20.1. The molecule has 3 aromatic heterocycles. The minimum atomic E-state index is -0.276. The van der Waals surface area contributed by atoms with E-state index in [0.29, 0.717) is 28.0 Å². The fraction of sp³-hybridized carbons (Fsp3) is 0.286. The Hall–Kier alpha value is -3.26. The Bertz CT molecular complexity index is 1250. The number of aromatic amines is 1. The summed E-state index contributed by atoms with van der Waals surface area (Å²) in [7, 11) is 1.85. The second-order valence-corrected chi connectivity index (χ2v) is 7.51. The van der Waals surface area contributed by atoms with Crippen molar-refractivity contribution in [2.45, 2.75) is 25.8 Å². The maximum absolute atomic E-state index is 14.7. The fourth-order valence-electron chi connectivity index (χ4n) is 4.09. The molecule has 4 aromatic rings. The number of benzene rings is 1. The van der Waals surface area contributed by atoms with Gasteiger partial charge in [0.15, 0.2) is 5.82 Å². The molecule has 0 bridgehead atoms. The summed E-state index contributed by atoms with van der Waals surface area (Å²) >= 11 is 0. The summed E-state index contributed by atoms with van der Waals surface area (Å²) in [6, 6.07) is 7.13. The molecular weight excluding hydrogens is 371 g/mol. The van der Waals surface area contributed by atoms with Crippen LogP contribution in [0.3, 0.4) is 0 Å². The molecule has 3 N–H and O–H groups in total. The lowest BCUT2D eigenvalue weighted by Gasteiger charge is -2.07. The molecule has 1 aromatic carbocycles. The van der Waals surface area contributed by atoms with E-state index < -0.39 is 0 Å². The molecule has 1 amide bonds. The summed E-state index contributed by atoms with van der Waals surface area (Å²) in [5.74, 6) is -0.180. The number of halogens is 1. The maximum Gasteiger partial charge on any atom is 0.256 e. The first kappa shape index (κ1) is 17.8. The van der Waals surface area contributed by atoms with Gasteiger partial charge in [-0.3, -0.25) is 9.48 Å². The molecule has 1 saturated heterocycles. The summed E-state index contributed by atoms with van der Waals surface area (Å²) in [6.45, 7) is 2.83. The van der Waals surface area contributed by atoms with Crippen molar-refractivity contribution in [1.29, 1.82) is 0 Å². The zero-order valence-corrected chi connectivity index (χ0v) is 16.2. The van der Waals surface area contributed by atoms with Gasteiger partial charge < -0.3 is 15.6 Å². The SMILES string of the molecule is Cc1nn(C)c2cc(C(=O)Nc3cc4[nH]c([C@H]5CCCN5)c(F)c4cn3)ccc12. The smallest absolute Gasteiger partial charge is 0.256 e. The normalized spacial score (nSPS) is 16.7. The van der Waals surface area contributed by atoms with Crippen molar-refractivity contribution in [3.63, 3.8) is 0 Å². The fourth-order valence-corrected chi connectivity index (χ4v) is 4.09. The lowest BCUT2D eigenvalue weighted by Crippen LogP contribution is -2.14. The number of hydrogen-bond acceptors (Lipinski definition) is 4. The van der Waals surface area contributed by atoms with E-state index in [-0.39, 0.29) is 17.8 Å². The van der Waals surface area contributed by atoms with Crippen molar-refractivity contribution in [3.05, 3.63) is 53.2 Å². The Morgan fingerprint density at radius 3 is 2.97 bits per heavy atom. The molecule has 7 nitrogen and oxygen atoms in total. The van der Waals surface area contributed by atoms with Gasteiger partial charge in [0.25, 0.3) is 5.91 Å². The Kier molecular flexibility index (Phi) is 4.09. The van der Waals surface area contributed by atoms with Crippen LogP contribution in [0, 0.1) is 12.7 Å². The molecule has 29 heavy (non-hydrogen) atoms. The predicted molar refractivity (Wildman–Crippen MR) is 109 cm³/mol. The summed E-state index contributed by atoms with van der Waals surface area (Å²) in [4.78, 5) is 20.1. The first-order valence-electron chi connectivity index (χ1n) is 9.66. The Morgan fingerprint density at radius 1 is 1.31 bits per heavy atom. The van der Waals surface area contributed by atoms with E-state index in [1.54, 1.807) is 22.9 Å². The van der Waals surface area contributed by atoms with Gasteiger partial charge in [-0.05, 0) is 38.4 Å². The lowest BCUT2D eigenvalue weighted by atomic mass is 10.1. The van der Waals surface area contributed by atoms with E-state index in [2.05, 4.69) is 25.7 Å². The largest absolute Gasteiger partial charge is 0.354 e. The van der Waals surface area contributed by atoms with Crippen molar-refractivity contribution < 1.29 is 9.18 Å². The molecule has 4 heterocycles. The number of aromatic nitrogens is 4. The van der Waals surface area contributed by atoms with Crippen LogP contribution in [0.4, 0.5) is 10.2 Å². The number of fused-ring (bicyclic) bond motifs is 2. The highest BCUT2D eigenvalue weighted by Gasteiger charge is 2.23. The van der Waals surface area contributed by atoms with Crippen LogP contribution in [0.5, 0.6) is 0 Å². The van der Waals surface area contributed by atoms with Crippen molar-refractivity contribution in [3.8, 4) is 0 Å². The first-order valence-corrected chi connectivity index (χ1v) is 9.66. The highest BCUT2D eigenvalue weighted by Crippen LogP contribution is 2.30. The molecule has 1 aliphatic heterocycles. The van der Waals surface area contributed by atoms with E-state index in [4.69, 9.17) is 0 Å². The van der Waals surface area contributed by atoms with Crippen LogP contribution in [0.1, 0.15) is 40.6 Å². The monoisotopic (exact) mass is 392 g/mol. The molecule has 8 heteroatoms. The number of carbonyl (C=O) groups excluding carboxylic acids is 1. The zero-order valence-electron chi connectivity index (χ0n) is 16.2. The molecule has 0 unspecified atom stereocenters. The molecule has 0 saturated carbocycles. The molecule has 0 spiro atoms. The molecule has 5 rings (SSSR count). The van der Waals surface area contributed by atoms with E-state index in [0.717, 1.165) is 36.0 Å². The number of nitrogens with one attached hydrogen (secondary N) is 3. The molecule has 1 atom stereocenters. The molecule has 148 valence electrons. The number of pyridine rings is 1. The second kappa shape index (κ2) is 6.66. The van der Waals surface area contributed by atoms with Crippen molar-refractivity contribution in [1.82, 2.24) is 25.1 Å². The maximum atomic E-state index is 14.7. The van der Waals surface area contributed by atoms with Gasteiger partial charge in [-0.25, -0.2) is 9.37 Å². The van der Waals surface area contributed by atoms with Crippen LogP contribution in [0.25, 0.3) is 21.8 Å². The van der Waals surface area contributed by atoms with Gasteiger partial charge in [-0.15, -0.1) is 0 Å². The van der Waals surface area contributed by atoms with Gasteiger partial charge in [0.05, 0.1) is 33.8 Å². The molecule has 0 aliphatic carbocycles. The van der Waals surface area contributed by atoms with Gasteiger partial charge in [-0.2, -0.15) is 5.10 Å². The molecular formula is C21H21FN6O. The van der Waals surface area contributed by atoms with Gasteiger partial charge in [-0.1, -0.05) is 6.07 Å². The number of aryl methyl sites for hydroxylation is 2. The van der Waals surface area contributed by atoms with Gasteiger partial charge in [0.2, 0.25) is 0 Å². The number of anilines is 1. The van der Waals surface area contributed by atoms with Crippen LogP contribution in [-0.4, -0.2) is 32.2 Å². The predicted octanol–water partition coefficient (Wildman–Crippen LogP) is 3.57. The minimum Gasteiger partial charge on any atom is -0.354 e. The van der Waals surface area contributed by atoms with E-state index >= 15 is 0 Å². The molecule has 0 radical (unpaired) electrons. The quantitative estimate of drug-likeness (QED) is 0.497. The summed E-state index contributed by atoms with van der Waals surface area (Å²) in [5.41, 5.74) is 3.49. The highest BCUT2D eigenvalue weighted by atomic mass is 19.1. The van der Waals surface area contributed by atoms with Crippen molar-refractivity contribution in [2.24, 2.45) is 7.05 Å². The third kappa shape index (κ3) is 2.96. The second-order valence-electron chi connectivity index (χ2n) is 7.51. The third-order valence-electron chi connectivity index (χ3n) is 5.59. The van der Waals surface area contributed by atoms with Gasteiger partial charge in [0.1, 0.15) is 5.82 Å². The molecule has 1 aliphatic rings. The van der Waals surface area contributed by atoms with E-state index in [1.807, 2.05) is 20.0 Å². The van der Waals surface area contributed by atoms with Crippen molar-refractivity contribution in [2.75, 3.05) is 11.9 Å². The number of carbonyl (C=O) groups is 1. The van der Waals surface area contributed by atoms with E-state index in [1.165, 1.54) is 6.20 Å². The number of rotatable bonds is 3.